The third-order valence-corrected chi connectivity index (χ3v) is 10.7. The summed E-state index contributed by atoms with van der Waals surface area (Å²) in [4.78, 5) is 47.8. The number of hydrogen-bond donors (Lipinski definition) is 1. The summed E-state index contributed by atoms with van der Waals surface area (Å²) in [5.74, 6) is -1.14. The number of unbranched alkanes of at least 4 members (excludes halogenated alkanes) is 3. The molecule has 1 spiro atoms. The number of benzene rings is 1. The van der Waals surface area contributed by atoms with Crippen molar-refractivity contribution in [1.29, 1.82) is 0 Å². The molecule has 39 heavy (non-hydrogen) atoms. The van der Waals surface area contributed by atoms with Crippen LogP contribution in [0.3, 0.4) is 0 Å². The molecule has 3 aliphatic rings. The van der Waals surface area contributed by atoms with Crippen molar-refractivity contribution < 1.29 is 19.5 Å². The van der Waals surface area contributed by atoms with Gasteiger partial charge in [-0.25, -0.2) is 0 Å². The van der Waals surface area contributed by atoms with Crippen LogP contribution in [0.1, 0.15) is 51.0 Å². The van der Waals surface area contributed by atoms with E-state index >= 15 is 0 Å². The number of carbonyl (C=O) groups excluding carboxylic acids is 3. The fourth-order valence-electron chi connectivity index (χ4n) is 6.96. The molecule has 1 aromatic carbocycles. The maximum atomic E-state index is 14.5. The largest absolute Gasteiger partial charge is 0.396 e. The van der Waals surface area contributed by atoms with Crippen molar-refractivity contribution in [3.8, 4) is 0 Å². The lowest BCUT2D eigenvalue weighted by molar-refractivity contribution is -0.145. The summed E-state index contributed by atoms with van der Waals surface area (Å²) in [6.07, 6.45) is 8.22. The number of rotatable bonds is 14. The van der Waals surface area contributed by atoms with Gasteiger partial charge in [0.25, 0.3) is 0 Å². The van der Waals surface area contributed by atoms with Gasteiger partial charge in [-0.15, -0.1) is 24.9 Å². The third-order valence-electron chi connectivity index (χ3n) is 8.74. The van der Waals surface area contributed by atoms with Gasteiger partial charge in [-0.05, 0) is 38.2 Å². The highest BCUT2D eigenvalue weighted by Gasteiger charge is 2.77. The molecule has 3 heterocycles. The number of fused-ring (bicyclic) bond motifs is 1. The van der Waals surface area contributed by atoms with Crippen LogP contribution < -0.4 is 0 Å². The topological polar surface area (TPSA) is 81.2 Å². The normalized spacial score (nSPS) is 28.8. The molecule has 7 nitrogen and oxygen atoms in total. The quantitative estimate of drug-likeness (QED) is 0.279. The Morgan fingerprint density at radius 3 is 2.44 bits per heavy atom. The zero-order valence-corrected chi connectivity index (χ0v) is 24.2. The van der Waals surface area contributed by atoms with E-state index in [1.54, 1.807) is 40.8 Å². The highest BCUT2D eigenvalue weighted by Crippen LogP contribution is 2.71. The van der Waals surface area contributed by atoms with Gasteiger partial charge < -0.3 is 19.8 Å². The van der Waals surface area contributed by atoms with Crippen molar-refractivity contribution >= 4 is 29.5 Å². The monoisotopic (exact) mass is 553 g/mol. The fourth-order valence-corrected chi connectivity index (χ4v) is 9.30. The standard InChI is InChI=1S/C31H43N3O4S/c1-5-18-32(4)27(36)24-25-28(37)34(20-12-7-8-13-21-35)26(31(25)17-16-30(24,3)39-31)29(38)33(19-6-2)22-23-14-10-9-11-15-23/h5-6,9-11,14-15,24-26,35H,1-2,7-8,12-13,16-22H2,3-4H3/t24-,25+,26?,30+,31?/m1/s1. The number of thioether (sulfide) groups is 1. The predicted octanol–water partition coefficient (Wildman–Crippen LogP) is 3.88. The van der Waals surface area contributed by atoms with E-state index in [0.29, 0.717) is 26.2 Å². The third kappa shape index (κ3) is 5.42. The van der Waals surface area contributed by atoms with Gasteiger partial charge in [0.05, 0.1) is 16.6 Å². The van der Waals surface area contributed by atoms with Crippen LogP contribution in [0.5, 0.6) is 0 Å². The molecule has 3 saturated heterocycles. The van der Waals surface area contributed by atoms with Crippen molar-refractivity contribution in [3.05, 3.63) is 61.2 Å². The molecule has 1 aromatic rings. The molecule has 3 fully saturated rings. The van der Waals surface area contributed by atoms with Gasteiger partial charge in [-0.2, -0.15) is 0 Å². The fraction of sp³-hybridized carbons (Fsp3) is 0.581. The number of aliphatic hydroxyl groups excluding tert-OH is 1. The van der Waals surface area contributed by atoms with E-state index in [4.69, 9.17) is 5.11 Å². The molecule has 0 aromatic heterocycles. The Bertz CT molecular complexity index is 1080. The van der Waals surface area contributed by atoms with Gasteiger partial charge in [-0.1, -0.05) is 55.3 Å². The second-order valence-corrected chi connectivity index (χ2v) is 13.3. The van der Waals surface area contributed by atoms with Crippen molar-refractivity contribution in [2.45, 2.75) is 67.5 Å². The van der Waals surface area contributed by atoms with Crippen molar-refractivity contribution in [2.24, 2.45) is 11.8 Å². The molecular weight excluding hydrogens is 510 g/mol. The van der Waals surface area contributed by atoms with E-state index in [1.807, 2.05) is 35.2 Å². The number of aliphatic hydroxyl groups is 1. The van der Waals surface area contributed by atoms with E-state index in [2.05, 4.69) is 20.1 Å². The van der Waals surface area contributed by atoms with Crippen LogP contribution in [0.15, 0.2) is 55.6 Å². The number of amides is 3. The van der Waals surface area contributed by atoms with Crippen LogP contribution >= 0.6 is 11.8 Å². The summed E-state index contributed by atoms with van der Waals surface area (Å²) in [7, 11) is 1.77. The Morgan fingerprint density at radius 2 is 1.77 bits per heavy atom. The maximum Gasteiger partial charge on any atom is 0.247 e. The highest BCUT2D eigenvalue weighted by molar-refractivity contribution is 8.02. The van der Waals surface area contributed by atoms with E-state index in [9.17, 15) is 14.4 Å². The summed E-state index contributed by atoms with van der Waals surface area (Å²) in [6.45, 7) is 11.7. The van der Waals surface area contributed by atoms with Gasteiger partial charge in [0.2, 0.25) is 17.7 Å². The average Bonchev–Trinajstić information content (AvgIpc) is 3.49. The maximum absolute atomic E-state index is 14.5. The molecule has 3 aliphatic heterocycles. The van der Waals surface area contributed by atoms with Crippen LogP contribution in [0, 0.1) is 11.8 Å². The van der Waals surface area contributed by atoms with E-state index in [1.165, 1.54) is 0 Å². The molecule has 0 saturated carbocycles. The Hall–Kier alpha value is -2.58. The van der Waals surface area contributed by atoms with Gasteiger partial charge in [0.1, 0.15) is 6.04 Å². The second kappa shape index (κ2) is 12.3. The van der Waals surface area contributed by atoms with E-state index < -0.39 is 22.6 Å². The summed E-state index contributed by atoms with van der Waals surface area (Å²) >= 11 is 1.71. The highest BCUT2D eigenvalue weighted by atomic mass is 32.2. The van der Waals surface area contributed by atoms with Gasteiger partial charge in [0.15, 0.2) is 0 Å². The zero-order chi connectivity index (χ0) is 28.2. The second-order valence-electron chi connectivity index (χ2n) is 11.4. The van der Waals surface area contributed by atoms with Crippen molar-refractivity contribution in [3.63, 3.8) is 0 Å². The molecule has 3 amide bonds. The Balaban J connectivity index is 1.70. The van der Waals surface area contributed by atoms with Crippen LogP contribution in [-0.4, -0.2) is 86.4 Å². The molecule has 1 N–H and O–H groups in total. The first-order valence-corrected chi connectivity index (χ1v) is 15.0. The lowest BCUT2D eigenvalue weighted by atomic mass is 9.66. The molecule has 4 rings (SSSR count). The van der Waals surface area contributed by atoms with Crippen LogP contribution in [0.25, 0.3) is 0 Å². The van der Waals surface area contributed by atoms with Crippen LogP contribution in [0.2, 0.25) is 0 Å². The van der Waals surface area contributed by atoms with Crippen molar-refractivity contribution in [2.75, 3.05) is 33.3 Å². The first-order chi connectivity index (χ1) is 18.7. The molecule has 2 bridgehead atoms. The number of carbonyl (C=O) groups is 3. The average molecular weight is 554 g/mol. The molecular formula is C31H43N3O4S. The van der Waals surface area contributed by atoms with Crippen LogP contribution in [-0.2, 0) is 20.9 Å². The lowest BCUT2D eigenvalue weighted by Crippen LogP contribution is -2.55. The molecule has 0 radical (unpaired) electrons. The zero-order valence-electron chi connectivity index (χ0n) is 23.4. The first kappa shape index (κ1) is 29.4. The molecule has 8 heteroatoms. The number of likely N-dealkylation sites (tertiary alicyclic amines) is 1. The van der Waals surface area contributed by atoms with Gasteiger partial charge >= 0.3 is 0 Å². The number of nitrogens with zero attached hydrogens (tertiary/aromatic N) is 3. The number of likely N-dealkylation sites (N-methyl/N-ethyl adjacent to an activating group) is 1. The lowest BCUT2D eigenvalue weighted by Gasteiger charge is -2.38. The number of hydrogen-bond acceptors (Lipinski definition) is 5. The van der Waals surface area contributed by atoms with Crippen LogP contribution in [0.4, 0.5) is 0 Å². The molecule has 212 valence electrons. The van der Waals surface area contributed by atoms with E-state index in [0.717, 1.165) is 44.1 Å². The summed E-state index contributed by atoms with van der Waals surface area (Å²) in [5.41, 5.74) is 1.02. The molecule has 2 unspecified atom stereocenters. The summed E-state index contributed by atoms with van der Waals surface area (Å²) in [5, 5.41) is 9.17. The Kier molecular flexibility index (Phi) is 9.27. The van der Waals surface area contributed by atoms with E-state index in [-0.39, 0.29) is 29.1 Å². The Labute approximate surface area is 237 Å². The minimum absolute atomic E-state index is 0.0342. The van der Waals surface area contributed by atoms with Gasteiger partial charge in [0, 0.05) is 44.6 Å². The minimum atomic E-state index is -0.626. The minimum Gasteiger partial charge on any atom is -0.396 e. The Morgan fingerprint density at radius 1 is 1.08 bits per heavy atom. The molecule has 5 atom stereocenters. The predicted molar refractivity (Wildman–Crippen MR) is 156 cm³/mol. The summed E-state index contributed by atoms with van der Waals surface area (Å²) in [6, 6.07) is 9.27. The smallest absolute Gasteiger partial charge is 0.247 e. The van der Waals surface area contributed by atoms with Gasteiger partial charge in [-0.3, -0.25) is 14.4 Å². The molecule has 0 aliphatic carbocycles. The van der Waals surface area contributed by atoms with Crippen molar-refractivity contribution in [1.82, 2.24) is 14.7 Å². The summed E-state index contributed by atoms with van der Waals surface area (Å²) < 4.78 is -1.01. The first-order valence-electron chi connectivity index (χ1n) is 14.1. The SMILES string of the molecule is C=CCN(C)C(=O)[C@H]1[C@H]2C(=O)N(CCCCCCO)C(C(=O)N(CC=C)Cc3ccccc3)C23CC[C@]1(C)S3.